The van der Waals surface area contributed by atoms with Gasteiger partial charge in [0, 0.05) is 37.4 Å². The van der Waals surface area contributed by atoms with Gasteiger partial charge < -0.3 is 20.5 Å². The van der Waals surface area contributed by atoms with Gasteiger partial charge in [0.05, 0.1) is 6.04 Å². The SMILES string of the molecule is CC(NC(=O)NCC12CCCNC1C2)c1nccn1C. The Bertz CT molecular complexity index is 500. The lowest BCUT2D eigenvalue weighted by Crippen LogP contribution is -2.43. The van der Waals surface area contributed by atoms with Crippen molar-refractivity contribution in [1.29, 1.82) is 0 Å². The average molecular weight is 277 g/mol. The largest absolute Gasteiger partial charge is 0.338 e. The maximum Gasteiger partial charge on any atom is 0.315 e. The van der Waals surface area contributed by atoms with Gasteiger partial charge in [0.25, 0.3) is 0 Å². The smallest absolute Gasteiger partial charge is 0.315 e. The maximum atomic E-state index is 12.0. The van der Waals surface area contributed by atoms with E-state index in [1.54, 1.807) is 6.20 Å². The number of carbonyl (C=O) groups excluding carboxylic acids is 1. The molecule has 3 unspecified atom stereocenters. The van der Waals surface area contributed by atoms with Crippen LogP contribution in [0.2, 0.25) is 0 Å². The van der Waals surface area contributed by atoms with Crippen molar-refractivity contribution in [1.82, 2.24) is 25.5 Å². The summed E-state index contributed by atoms with van der Waals surface area (Å²) in [6.45, 7) is 3.83. The van der Waals surface area contributed by atoms with Crippen molar-refractivity contribution in [3.8, 4) is 0 Å². The predicted molar refractivity (Wildman–Crippen MR) is 76.2 cm³/mol. The molecule has 1 saturated carbocycles. The molecule has 2 amide bonds. The van der Waals surface area contributed by atoms with Gasteiger partial charge in [-0.25, -0.2) is 9.78 Å². The molecule has 1 aromatic heterocycles. The van der Waals surface area contributed by atoms with Crippen LogP contribution in [0.4, 0.5) is 4.79 Å². The zero-order valence-corrected chi connectivity index (χ0v) is 12.1. The topological polar surface area (TPSA) is 71.0 Å². The van der Waals surface area contributed by atoms with Crippen molar-refractivity contribution in [2.75, 3.05) is 13.1 Å². The number of rotatable bonds is 4. The van der Waals surface area contributed by atoms with Gasteiger partial charge >= 0.3 is 6.03 Å². The summed E-state index contributed by atoms with van der Waals surface area (Å²) in [5, 5.41) is 9.47. The highest BCUT2D eigenvalue weighted by molar-refractivity contribution is 5.74. The van der Waals surface area contributed by atoms with Gasteiger partial charge in [-0.2, -0.15) is 0 Å². The van der Waals surface area contributed by atoms with E-state index in [2.05, 4.69) is 20.9 Å². The van der Waals surface area contributed by atoms with Crippen molar-refractivity contribution >= 4 is 6.03 Å². The summed E-state index contributed by atoms with van der Waals surface area (Å²) in [7, 11) is 1.93. The van der Waals surface area contributed by atoms with Gasteiger partial charge in [-0.05, 0) is 32.7 Å². The van der Waals surface area contributed by atoms with Crippen molar-refractivity contribution < 1.29 is 4.79 Å². The maximum absolute atomic E-state index is 12.0. The van der Waals surface area contributed by atoms with Gasteiger partial charge in [-0.15, -0.1) is 0 Å². The molecule has 3 rings (SSSR count). The number of amides is 2. The molecule has 110 valence electrons. The Hall–Kier alpha value is -1.56. The molecule has 1 aromatic rings. The normalized spacial score (nSPS) is 29.4. The van der Waals surface area contributed by atoms with E-state index in [0.29, 0.717) is 11.5 Å². The van der Waals surface area contributed by atoms with E-state index >= 15 is 0 Å². The zero-order chi connectivity index (χ0) is 14.2. The fourth-order valence-electron chi connectivity index (χ4n) is 3.28. The van der Waals surface area contributed by atoms with Crippen LogP contribution in [0.5, 0.6) is 0 Å². The molecule has 0 bridgehead atoms. The molecular formula is C14H23N5O. The van der Waals surface area contributed by atoms with Gasteiger partial charge in [0.2, 0.25) is 0 Å². The minimum atomic E-state index is -0.105. The van der Waals surface area contributed by atoms with E-state index in [1.165, 1.54) is 19.3 Å². The van der Waals surface area contributed by atoms with Crippen LogP contribution in [0.1, 0.15) is 38.1 Å². The molecule has 0 aromatic carbocycles. The minimum absolute atomic E-state index is 0.0908. The number of imidazole rings is 1. The molecule has 1 aliphatic carbocycles. The number of carbonyl (C=O) groups is 1. The van der Waals surface area contributed by atoms with Gasteiger partial charge in [0.1, 0.15) is 5.82 Å². The molecule has 2 fully saturated rings. The first-order valence-electron chi connectivity index (χ1n) is 7.36. The summed E-state index contributed by atoms with van der Waals surface area (Å²) in [6, 6.07) is 0.418. The van der Waals surface area contributed by atoms with Crippen molar-refractivity contribution in [3.05, 3.63) is 18.2 Å². The number of aromatic nitrogens is 2. The second-order valence-electron chi connectivity index (χ2n) is 6.12. The quantitative estimate of drug-likeness (QED) is 0.766. The zero-order valence-electron chi connectivity index (χ0n) is 12.1. The fourth-order valence-corrected chi connectivity index (χ4v) is 3.28. The number of aryl methyl sites for hydroxylation is 1. The number of hydrogen-bond donors (Lipinski definition) is 3. The predicted octanol–water partition coefficient (Wildman–Crippen LogP) is 0.922. The van der Waals surface area contributed by atoms with Crippen LogP contribution in [-0.4, -0.2) is 34.7 Å². The molecule has 2 heterocycles. The highest BCUT2D eigenvalue weighted by atomic mass is 16.2. The number of nitrogens with zero attached hydrogens (tertiary/aromatic N) is 2. The first-order valence-corrected chi connectivity index (χ1v) is 7.36. The van der Waals surface area contributed by atoms with Crippen molar-refractivity contribution in [2.45, 2.75) is 38.3 Å². The van der Waals surface area contributed by atoms with E-state index in [0.717, 1.165) is 18.9 Å². The van der Waals surface area contributed by atoms with E-state index in [9.17, 15) is 4.79 Å². The fraction of sp³-hybridized carbons (Fsp3) is 0.714. The molecule has 3 atom stereocenters. The lowest BCUT2D eigenvalue weighted by Gasteiger charge is -2.23. The van der Waals surface area contributed by atoms with E-state index < -0.39 is 0 Å². The summed E-state index contributed by atoms with van der Waals surface area (Å²) < 4.78 is 1.92. The van der Waals surface area contributed by atoms with Crippen LogP contribution < -0.4 is 16.0 Å². The Kier molecular flexibility index (Phi) is 3.41. The molecule has 6 heteroatoms. The van der Waals surface area contributed by atoms with Gasteiger partial charge in [-0.3, -0.25) is 0 Å². The summed E-state index contributed by atoms with van der Waals surface area (Å²) in [4.78, 5) is 16.2. The van der Waals surface area contributed by atoms with Crippen LogP contribution in [0.3, 0.4) is 0 Å². The Morgan fingerprint density at radius 2 is 2.55 bits per heavy atom. The Morgan fingerprint density at radius 3 is 3.25 bits per heavy atom. The number of urea groups is 1. The minimum Gasteiger partial charge on any atom is -0.338 e. The van der Waals surface area contributed by atoms with Crippen molar-refractivity contribution in [2.24, 2.45) is 12.5 Å². The third kappa shape index (κ3) is 2.52. The summed E-state index contributed by atoms with van der Waals surface area (Å²) in [6.07, 6.45) is 7.26. The van der Waals surface area contributed by atoms with Crippen LogP contribution in [0.25, 0.3) is 0 Å². The molecule has 2 aliphatic rings. The number of hydrogen-bond acceptors (Lipinski definition) is 3. The van der Waals surface area contributed by atoms with E-state index in [1.807, 2.05) is 24.7 Å². The van der Waals surface area contributed by atoms with Gasteiger partial charge in [0.15, 0.2) is 0 Å². The van der Waals surface area contributed by atoms with Crippen LogP contribution in [0.15, 0.2) is 12.4 Å². The highest BCUT2D eigenvalue weighted by Gasteiger charge is 2.54. The first kappa shape index (κ1) is 13.4. The molecule has 20 heavy (non-hydrogen) atoms. The first-order chi connectivity index (χ1) is 9.61. The average Bonchev–Trinajstić information content (AvgIpc) is 3.01. The summed E-state index contributed by atoms with van der Waals surface area (Å²) in [5.41, 5.74) is 0.321. The lowest BCUT2D eigenvalue weighted by atomic mass is 9.96. The van der Waals surface area contributed by atoms with Crippen LogP contribution in [-0.2, 0) is 7.05 Å². The van der Waals surface area contributed by atoms with Gasteiger partial charge in [-0.1, -0.05) is 0 Å². The second-order valence-corrected chi connectivity index (χ2v) is 6.12. The second kappa shape index (κ2) is 5.09. The number of nitrogens with one attached hydrogen (secondary N) is 3. The third-order valence-corrected chi connectivity index (χ3v) is 4.63. The molecular weight excluding hydrogens is 254 g/mol. The molecule has 1 saturated heterocycles. The molecule has 0 radical (unpaired) electrons. The Morgan fingerprint density at radius 1 is 1.70 bits per heavy atom. The summed E-state index contributed by atoms with van der Waals surface area (Å²) >= 11 is 0. The Labute approximate surface area is 119 Å². The van der Waals surface area contributed by atoms with Crippen LogP contribution in [0, 0.1) is 5.41 Å². The standard InChI is InChI=1S/C14H23N5O/c1-10(12-16-6-7-19(12)2)18-13(20)17-9-14-4-3-5-15-11(14)8-14/h6-7,10-11,15H,3-5,8-9H2,1-2H3,(H2,17,18,20). The monoisotopic (exact) mass is 277 g/mol. The molecule has 6 nitrogen and oxygen atoms in total. The van der Waals surface area contributed by atoms with E-state index in [4.69, 9.17) is 0 Å². The summed E-state index contributed by atoms with van der Waals surface area (Å²) in [5.74, 6) is 0.863. The third-order valence-electron chi connectivity index (χ3n) is 4.63. The van der Waals surface area contributed by atoms with E-state index in [-0.39, 0.29) is 12.1 Å². The molecule has 0 spiro atoms. The number of fused-ring (bicyclic) bond motifs is 1. The van der Waals surface area contributed by atoms with Crippen molar-refractivity contribution in [3.63, 3.8) is 0 Å². The number of piperidine rings is 1. The highest BCUT2D eigenvalue weighted by Crippen LogP contribution is 2.51. The molecule has 3 N–H and O–H groups in total. The Balaban J connectivity index is 1.47. The van der Waals surface area contributed by atoms with Crippen LogP contribution >= 0.6 is 0 Å². The molecule has 1 aliphatic heterocycles. The lowest BCUT2D eigenvalue weighted by molar-refractivity contribution is 0.232.